The highest BCUT2D eigenvalue weighted by molar-refractivity contribution is 5.86. The fraction of sp³-hybridized carbons (Fsp3) is 0.357. The van der Waals surface area contributed by atoms with E-state index >= 15 is 0 Å². The lowest BCUT2D eigenvalue weighted by Gasteiger charge is -2.21. The van der Waals surface area contributed by atoms with Crippen LogP contribution < -0.4 is 0 Å². The summed E-state index contributed by atoms with van der Waals surface area (Å²) in [6.45, 7) is 1.02. The third-order valence-electron chi connectivity index (χ3n) is 2.52. The van der Waals surface area contributed by atoms with Crippen LogP contribution in [0.15, 0.2) is 30.3 Å². The third kappa shape index (κ3) is 5.23. The first-order valence-corrected chi connectivity index (χ1v) is 6.09. The molecule has 0 spiro atoms. The van der Waals surface area contributed by atoms with E-state index in [2.05, 4.69) is 9.47 Å². The fourth-order valence-corrected chi connectivity index (χ4v) is 1.58. The van der Waals surface area contributed by atoms with Gasteiger partial charge >= 0.3 is 17.9 Å². The molecule has 7 heteroatoms. The van der Waals surface area contributed by atoms with Crippen molar-refractivity contribution in [3.63, 3.8) is 0 Å². The molecule has 0 amide bonds. The molecule has 21 heavy (non-hydrogen) atoms. The van der Waals surface area contributed by atoms with Crippen LogP contribution in [0, 0.1) is 0 Å². The Balaban J connectivity index is 2.85. The number of carboxylic acid groups (broad SMARTS) is 1. The van der Waals surface area contributed by atoms with E-state index in [0.717, 1.165) is 19.6 Å². The minimum Gasteiger partial charge on any atom is -0.478 e. The minimum absolute atomic E-state index is 0.0222. The highest BCUT2D eigenvalue weighted by Gasteiger charge is 2.38. The van der Waals surface area contributed by atoms with Crippen LogP contribution in [0.4, 0.5) is 0 Å². The third-order valence-corrected chi connectivity index (χ3v) is 2.52. The van der Waals surface area contributed by atoms with Crippen molar-refractivity contribution in [1.29, 1.82) is 0 Å². The van der Waals surface area contributed by atoms with Gasteiger partial charge in [-0.25, -0.2) is 9.59 Å². The van der Waals surface area contributed by atoms with E-state index in [1.807, 2.05) is 0 Å². The molecule has 0 radical (unpaired) electrons. The average Bonchev–Trinajstić information content (AvgIpc) is 2.46. The van der Waals surface area contributed by atoms with Gasteiger partial charge in [0.2, 0.25) is 12.2 Å². The Labute approximate surface area is 121 Å². The van der Waals surface area contributed by atoms with Gasteiger partial charge in [-0.2, -0.15) is 0 Å². The number of aliphatic carboxylic acids is 1. The second kappa shape index (κ2) is 8.01. The van der Waals surface area contributed by atoms with E-state index in [9.17, 15) is 14.4 Å². The van der Waals surface area contributed by atoms with E-state index < -0.39 is 30.1 Å². The molecule has 1 aromatic carbocycles. The van der Waals surface area contributed by atoms with Crippen molar-refractivity contribution in [3.8, 4) is 0 Å². The van der Waals surface area contributed by atoms with E-state index in [0.29, 0.717) is 0 Å². The zero-order valence-corrected chi connectivity index (χ0v) is 11.6. The van der Waals surface area contributed by atoms with Gasteiger partial charge in [-0.3, -0.25) is 4.79 Å². The van der Waals surface area contributed by atoms with E-state index in [1.54, 1.807) is 30.3 Å². The van der Waals surface area contributed by atoms with Crippen molar-refractivity contribution in [1.82, 2.24) is 0 Å². The maximum Gasteiger partial charge on any atom is 0.348 e. The molecular weight excluding hydrogens is 280 g/mol. The van der Waals surface area contributed by atoms with Crippen LogP contribution in [0.5, 0.6) is 0 Å². The number of carbonyl (C=O) groups excluding carboxylic acids is 2. The number of ether oxygens (including phenoxy) is 3. The maximum absolute atomic E-state index is 11.7. The van der Waals surface area contributed by atoms with Gasteiger partial charge in [-0.1, -0.05) is 30.3 Å². The number of hydrogen-bond acceptors (Lipinski definition) is 6. The van der Waals surface area contributed by atoms with Crippen molar-refractivity contribution < 1.29 is 33.7 Å². The standard InChI is InChI=1S/C14H16O7/c1-9(15)21-11(13(16)17)12(14(18)19-2)20-8-10-6-4-3-5-7-10/h3-7,11-12H,8H2,1-2H3,(H,16,17)/t11-,12-/m1/s1. The molecule has 0 aliphatic heterocycles. The Morgan fingerprint density at radius 1 is 1.14 bits per heavy atom. The van der Waals surface area contributed by atoms with Gasteiger partial charge in [0, 0.05) is 6.92 Å². The zero-order chi connectivity index (χ0) is 15.8. The van der Waals surface area contributed by atoms with Gasteiger partial charge in [0.05, 0.1) is 13.7 Å². The van der Waals surface area contributed by atoms with Crippen molar-refractivity contribution >= 4 is 17.9 Å². The Morgan fingerprint density at radius 2 is 1.76 bits per heavy atom. The zero-order valence-electron chi connectivity index (χ0n) is 11.6. The summed E-state index contributed by atoms with van der Waals surface area (Å²) >= 11 is 0. The van der Waals surface area contributed by atoms with Crippen molar-refractivity contribution in [3.05, 3.63) is 35.9 Å². The Kier molecular flexibility index (Phi) is 6.35. The van der Waals surface area contributed by atoms with Gasteiger partial charge in [-0.05, 0) is 5.56 Å². The van der Waals surface area contributed by atoms with Crippen LogP contribution in [0.2, 0.25) is 0 Å². The second-order valence-corrected chi connectivity index (χ2v) is 4.11. The van der Waals surface area contributed by atoms with Crippen LogP contribution in [-0.2, 0) is 35.2 Å². The Hall–Kier alpha value is -2.41. The monoisotopic (exact) mass is 296 g/mol. The van der Waals surface area contributed by atoms with Crippen LogP contribution >= 0.6 is 0 Å². The van der Waals surface area contributed by atoms with Crippen LogP contribution in [0.3, 0.4) is 0 Å². The first-order valence-electron chi connectivity index (χ1n) is 6.09. The molecule has 0 saturated carbocycles. The summed E-state index contributed by atoms with van der Waals surface area (Å²) < 4.78 is 14.4. The SMILES string of the molecule is COC(=O)[C@H](OCc1ccccc1)[C@@H](OC(C)=O)C(=O)O. The number of esters is 2. The Morgan fingerprint density at radius 3 is 2.24 bits per heavy atom. The van der Waals surface area contributed by atoms with Gasteiger partial charge in [0.1, 0.15) is 0 Å². The highest BCUT2D eigenvalue weighted by atomic mass is 16.6. The molecule has 1 N–H and O–H groups in total. The molecule has 2 atom stereocenters. The molecule has 0 aromatic heterocycles. The Bertz CT molecular complexity index is 497. The topological polar surface area (TPSA) is 99.1 Å². The summed E-state index contributed by atoms with van der Waals surface area (Å²) in [7, 11) is 1.09. The first kappa shape index (κ1) is 16.6. The summed E-state index contributed by atoms with van der Waals surface area (Å²) in [6.07, 6.45) is -3.31. The van der Waals surface area contributed by atoms with Gasteiger partial charge in [-0.15, -0.1) is 0 Å². The highest BCUT2D eigenvalue weighted by Crippen LogP contribution is 2.11. The fourth-order valence-electron chi connectivity index (χ4n) is 1.58. The molecular formula is C14H16O7. The molecule has 0 unspecified atom stereocenters. The smallest absolute Gasteiger partial charge is 0.348 e. The van der Waals surface area contributed by atoms with E-state index in [1.165, 1.54) is 0 Å². The summed E-state index contributed by atoms with van der Waals surface area (Å²) in [6, 6.07) is 8.84. The molecule has 0 aliphatic rings. The maximum atomic E-state index is 11.7. The lowest BCUT2D eigenvalue weighted by molar-refractivity contribution is -0.184. The normalized spacial score (nSPS) is 13.0. The molecule has 0 saturated heterocycles. The molecule has 114 valence electrons. The second-order valence-electron chi connectivity index (χ2n) is 4.11. The van der Waals surface area contributed by atoms with Crippen molar-refractivity contribution in [2.24, 2.45) is 0 Å². The van der Waals surface area contributed by atoms with Crippen molar-refractivity contribution in [2.45, 2.75) is 25.7 Å². The number of rotatable bonds is 7. The summed E-state index contributed by atoms with van der Waals surface area (Å²) in [4.78, 5) is 33.8. The summed E-state index contributed by atoms with van der Waals surface area (Å²) in [5.74, 6) is -3.26. The predicted octanol–water partition coefficient (Wildman–Crippen LogP) is 0.761. The number of carbonyl (C=O) groups is 3. The number of benzene rings is 1. The molecule has 7 nitrogen and oxygen atoms in total. The largest absolute Gasteiger partial charge is 0.478 e. The van der Waals surface area contributed by atoms with Gasteiger partial charge < -0.3 is 19.3 Å². The van der Waals surface area contributed by atoms with Crippen LogP contribution in [0.25, 0.3) is 0 Å². The van der Waals surface area contributed by atoms with Crippen molar-refractivity contribution in [2.75, 3.05) is 7.11 Å². The molecule has 0 aliphatic carbocycles. The number of carboxylic acids is 1. The molecule has 0 fully saturated rings. The molecule has 1 rings (SSSR count). The first-order chi connectivity index (χ1) is 9.95. The lowest BCUT2D eigenvalue weighted by Crippen LogP contribution is -2.45. The van der Waals surface area contributed by atoms with Crippen LogP contribution in [-0.4, -0.2) is 42.3 Å². The average molecular weight is 296 g/mol. The number of hydrogen-bond donors (Lipinski definition) is 1. The summed E-state index contributed by atoms with van der Waals surface area (Å²) in [5.41, 5.74) is 0.735. The van der Waals surface area contributed by atoms with E-state index in [4.69, 9.17) is 9.84 Å². The molecule has 0 heterocycles. The quantitative estimate of drug-likeness (QED) is 0.741. The molecule has 0 bridgehead atoms. The predicted molar refractivity (Wildman–Crippen MR) is 70.2 cm³/mol. The van der Waals surface area contributed by atoms with E-state index in [-0.39, 0.29) is 6.61 Å². The minimum atomic E-state index is -1.77. The lowest BCUT2D eigenvalue weighted by atomic mass is 10.2. The molecule has 1 aromatic rings. The number of methoxy groups -OCH3 is 1. The van der Waals surface area contributed by atoms with Gasteiger partial charge in [0.25, 0.3) is 0 Å². The van der Waals surface area contributed by atoms with Crippen LogP contribution in [0.1, 0.15) is 12.5 Å². The van der Waals surface area contributed by atoms with Gasteiger partial charge in [0.15, 0.2) is 0 Å². The summed E-state index contributed by atoms with van der Waals surface area (Å²) in [5, 5.41) is 9.07.